The maximum Gasteiger partial charge on any atom is 0.329 e. The number of nitrogens with zero attached hydrogens (tertiary/aromatic N) is 3. The number of urea groups is 1. The second-order valence-electron chi connectivity index (χ2n) is 8.67. The van der Waals surface area contributed by atoms with Gasteiger partial charge in [-0.25, -0.2) is 4.79 Å². The quantitative estimate of drug-likeness (QED) is 0.643. The molecule has 3 aliphatic heterocycles. The van der Waals surface area contributed by atoms with Gasteiger partial charge in [0.15, 0.2) is 0 Å². The summed E-state index contributed by atoms with van der Waals surface area (Å²) in [5.41, 5.74) is 4.72. The average Bonchev–Trinajstić information content (AvgIpc) is 2.94. The van der Waals surface area contributed by atoms with E-state index in [-0.39, 0.29) is 6.03 Å². The van der Waals surface area contributed by atoms with E-state index < -0.39 is 0 Å². The zero-order valence-electron chi connectivity index (χ0n) is 17.2. The highest BCUT2D eigenvalue weighted by molar-refractivity contribution is 6.01. The predicted molar refractivity (Wildman–Crippen MR) is 118 cm³/mol. The van der Waals surface area contributed by atoms with Gasteiger partial charge in [-0.3, -0.25) is 9.80 Å². The topological polar surface area (TPSA) is 26.8 Å². The summed E-state index contributed by atoms with van der Waals surface area (Å²) < 4.78 is 0. The predicted octanol–water partition coefficient (Wildman–Crippen LogP) is 5.51. The zero-order valence-corrected chi connectivity index (χ0v) is 17.2. The van der Waals surface area contributed by atoms with Crippen molar-refractivity contribution in [3.63, 3.8) is 0 Å². The first-order valence-corrected chi connectivity index (χ1v) is 11.3. The molecule has 0 N–H and O–H groups in total. The molecule has 4 nitrogen and oxygen atoms in total. The van der Waals surface area contributed by atoms with Crippen LogP contribution in [0.5, 0.6) is 0 Å². The van der Waals surface area contributed by atoms with Gasteiger partial charge in [-0.15, -0.1) is 0 Å². The Kier molecular flexibility index (Phi) is 5.28. The molecule has 0 spiro atoms. The molecule has 2 saturated heterocycles. The van der Waals surface area contributed by atoms with Crippen LogP contribution in [0.15, 0.2) is 48.5 Å². The highest BCUT2D eigenvalue weighted by atomic mass is 16.2. The van der Waals surface area contributed by atoms with Gasteiger partial charge in [-0.1, -0.05) is 42.8 Å². The lowest BCUT2D eigenvalue weighted by molar-refractivity contribution is 0.163. The zero-order chi connectivity index (χ0) is 19.6. The molecule has 0 bridgehead atoms. The minimum atomic E-state index is 0.142. The number of benzene rings is 2. The summed E-state index contributed by atoms with van der Waals surface area (Å²) in [6.45, 7) is 4.05. The Bertz CT molecular complexity index is 868. The lowest BCUT2D eigenvalue weighted by Crippen LogP contribution is -2.44. The van der Waals surface area contributed by atoms with Gasteiger partial charge in [-0.2, -0.15) is 0 Å². The summed E-state index contributed by atoms with van der Waals surface area (Å²) in [7, 11) is 0. The highest BCUT2D eigenvalue weighted by Gasteiger charge is 2.35. The maximum atomic E-state index is 13.8. The van der Waals surface area contributed by atoms with E-state index in [0.29, 0.717) is 6.04 Å². The van der Waals surface area contributed by atoms with Gasteiger partial charge in [-0.05, 0) is 74.9 Å². The third kappa shape index (κ3) is 3.55. The molecule has 29 heavy (non-hydrogen) atoms. The number of carbonyl (C=O) groups excluding carboxylic acids is 1. The number of anilines is 2. The van der Waals surface area contributed by atoms with Crippen LogP contribution in [0.25, 0.3) is 0 Å². The molecule has 0 aromatic heterocycles. The van der Waals surface area contributed by atoms with Crippen LogP contribution in [0.2, 0.25) is 0 Å². The van der Waals surface area contributed by atoms with Crippen molar-refractivity contribution in [3.8, 4) is 0 Å². The average molecular weight is 390 g/mol. The van der Waals surface area contributed by atoms with Crippen LogP contribution in [0, 0.1) is 0 Å². The fourth-order valence-corrected chi connectivity index (χ4v) is 5.31. The van der Waals surface area contributed by atoms with Gasteiger partial charge < -0.3 is 4.90 Å². The number of rotatable bonds is 1. The number of fused-ring (bicyclic) bond motifs is 2. The van der Waals surface area contributed by atoms with Gasteiger partial charge in [0.25, 0.3) is 0 Å². The minimum Gasteiger partial charge on any atom is -0.324 e. The monoisotopic (exact) mass is 389 g/mol. The molecule has 2 amide bonds. The molecule has 1 atom stereocenters. The smallest absolute Gasteiger partial charge is 0.324 e. The lowest BCUT2D eigenvalue weighted by atomic mass is 9.95. The Morgan fingerprint density at radius 3 is 2.10 bits per heavy atom. The van der Waals surface area contributed by atoms with Crippen LogP contribution in [0.1, 0.15) is 55.7 Å². The molecule has 0 aliphatic carbocycles. The van der Waals surface area contributed by atoms with Crippen LogP contribution < -0.4 is 4.90 Å². The van der Waals surface area contributed by atoms with Crippen molar-refractivity contribution < 1.29 is 4.79 Å². The fraction of sp³-hybridized carbons (Fsp3) is 0.480. The van der Waals surface area contributed by atoms with Gasteiger partial charge >= 0.3 is 6.03 Å². The van der Waals surface area contributed by atoms with Crippen LogP contribution >= 0.6 is 0 Å². The Morgan fingerprint density at radius 1 is 0.724 bits per heavy atom. The lowest BCUT2D eigenvalue weighted by Gasteiger charge is -2.36. The van der Waals surface area contributed by atoms with Crippen molar-refractivity contribution in [2.75, 3.05) is 31.1 Å². The number of likely N-dealkylation sites (tertiary alicyclic amines) is 2. The van der Waals surface area contributed by atoms with E-state index in [1.807, 2.05) is 4.90 Å². The first-order chi connectivity index (χ1) is 14.3. The van der Waals surface area contributed by atoms with Crippen molar-refractivity contribution >= 4 is 17.4 Å². The molecule has 0 saturated carbocycles. The van der Waals surface area contributed by atoms with E-state index in [9.17, 15) is 4.79 Å². The normalized spacial score (nSPS) is 22.6. The van der Waals surface area contributed by atoms with Crippen LogP contribution in [-0.2, 0) is 6.42 Å². The SMILES string of the molecule is O=C(N1CCCCC1)N1c2ccccc2C[C@@H](N2CCCCC2)c2ccccc21. The minimum absolute atomic E-state index is 0.142. The molecule has 152 valence electrons. The van der Waals surface area contributed by atoms with Crippen LogP contribution in [-0.4, -0.2) is 42.0 Å². The van der Waals surface area contributed by atoms with E-state index >= 15 is 0 Å². The molecule has 2 fully saturated rings. The molecule has 0 radical (unpaired) electrons. The van der Waals surface area contributed by atoms with Gasteiger partial charge in [0.05, 0.1) is 11.4 Å². The molecule has 0 unspecified atom stereocenters. The van der Waals surface area contributed by atoms with Crippen LogP contribution in [0.3, 0.4) is 0 Å². The number of piperidine rings is 2. The van der Waals surface area contributed by atoms with E-state index in [1.54, 1.807) is 0 Å². The van der Waals surface area contributed by atoms with Crippen molar-refractivity contribution in [1.29, 1.82) is 0 Å². The van der Waals surface area contributed by atoms with E-state index in [0.717, 1.165) is 56.8 Å². The Balaban J connectivity index is 1.61. The largest absolute Gasteiger partial charge is 0.329 e. The Hall–Kier alpha value is -2.33. The van der Waals surface area contributed by atoms with Crippen LogP contribution in [0.4, 0.5) is 16.2 Å². The molecule has 4 heteroatoms. The summed E-state index contributed by atoms with van der Waals surface area (Å²) in [6.07, 6.45) is 8.30. The van der Waals surface area contributed by atoms with Gasteiger partial charge in [0, 0.05) is 19.1 Å². The molecular formula is C25H31N3O. The van der Waals surface area contributed by atoms with Crippen molar-refractivity contribution in [1.82, 2.24) is 9.80 Å². The van der Waals surface area contributed by atoms with E-state index in [2.05, 4.69) is 58.3 Å². The maximum absolute atomic E-state index is 13.8. The van der Waals surface area contributed by atoms with Crippen molar-refractivity contribution in [3.05, 3.63) is 59.7 Å². The summed E-state index contributed by atoms with van der Waals surface area (Å²) in [5, 5.41) is 0. The molecule has 2 aromatic carbocycles. The fourth-order valence-electron chi connectivity index (χ4n) is 5.31. The summed E-state index contributed by atoms with van der Waals surface area (Å²) in [6, 6.07) is 17.6. The van der Waals surface area contributed by atoms with E-state index in [4.69, 9.17) is 0 Å². The third-order valence-electron chi connectivity index (χ3n) is 6.83. The molecule has 3 heterocycles. The number of carbonyl (C=O) groups is 1. The number of amides is 2. The molecular weight excluding hydrogens is 358 g/mol. The Morgan fingerprint density at radius 2 is 1.34 bits per heavy atom. The number of hydrogen-bond donors (Lipinski definition) is 0. The summed E-state index contributed by atoms with van der Waals surface area (Å²) in [5.74, 6) is 0. The first kappa shape index (κ1) is 18.7. The summed E-state index contributed by atoms with van der Waals surface area (Å²) >= 11 is 0. The Labute approximate surface area is 174 Å². The first-order valence-electron chi connectivity index (χ1n) is 11.3. The molecule has 3 aliphatic rings. The third-order valence-corrected chi connectivity index (χ3v) is 6.83. The van der Waals surface area contributed by atoms with E-state index in [1.165, 1.54) is 36.8 Å². The number of hydrogen-bond acceptors (Lipinski definition) is 2. The van der Waals surface area contributed by atoms with Gasteiger partial charge in [0.1, 0.15) is 0 Å². The number of para-hydroxylation sites is 2. The van der Waals surface area contributed by atoms with Crippen molar-refractivity contribution in [2.24, 2.45) is 0 Å². The summed E-state index contributed by atoms with van der Waals surface area (Å²) in [4.78, 5) is 20.5. The van der Waals surface area contributed by atoms with Gasteiger partial charge in [0.2, 0.25) is 0 Å². The molecule has 5 rings (SSSR count). The van der Waals surface area contributed by atoms with Crippen molar-refractivity contribution in [2.45, 2.75) is 51.0 Å². The molecule has 2 aromatic rings. The second-order valence-corrected chi connectivity index (χ2v) is 8.67. The second kappa shape index (κ2) is 8.19. The standard InChI is InChI=1S/C25H31N3O/c29-25(27-17-9-2-10-18-27)28-22-13-5-3-11-20(22)19-24(26-15-7-1-8-16-26)21-12-4-6-14-23(21)28/h3-6,11-14,24H,1-2,7-10,15-19H2/t24-/m1/s1. The highest BCUT2D eigenvalue weighted by Crippen LogP contribution is 2.43.